The number of hydrogen-bond donors (Lipinski definition) is 3. The topological polar surface area (TPSA) is 195 Å². The maximum Gasteiger partial charge on any atom is 0.232 e. The first-order valence-corrected chi connectivity index (χ1v) is 26.8. The van der Waals surface area contributed by atoms with Gasteiger partial charge in [-0.2, -0.15) is 10.2 Å². The summed E-state index contributed by atoms with van der Waals surface area (Å²) in [6.45, 7) is 6.08. The first-order chi connectivity index (χ1) is 34.0. The smallest absolute Gasteiger partial charge is 0.232 e. The van der Waals surface area contributed by atoms with Crippen LogP contribution in [0.25, 0.3) is 66.6 Å². The number of nitrogens with one attached hydrogen (secondary N) is 3. The van der Waals surface area contributed by atoms with Crippen molar-refractivity contribution in [2.45, 2.75) is 51.6 Å². The normalized spacial score (nSPS) is 15.1. The minimum Gasteiger partial charge on any atom is -0.493 e. The van der Waals surface area contributed by atoms with E-state index in [1.165, 1.54) is 33.3 Å². The molecule has 0 aliphatic carbocycles. The molecule has 0 amide bonds. The van der Waals surface area contributed by atoms with Gasteiger partial charge in [-0.15, -0.1) is 0 Å². The zero-order valence-electron chi connectivity index (χ0n) is 39.1. The van der Waals surface area contributed by atoms with Crippen LogP contribution in [-0.4, -0.2) is 113 Å². The van der Waals surface area contributed by atoms with Crippen LogP contribution in [0.4, 0.5) is 17.6 Å². The molecule has 2 aliphatic rings. The molecule has 10 rings (SSSR count). The van der Waals surface area contributed by atoms with E-state index >= 15 is 0 Å². The monoisotopic (exact) mass is 1040 g/mol. The van der Waals surface area contributed by atoms with Crippen molar-refractivity contribution < 1.29 is 43.9 Å². The van der Waals surface area contributed by atoms with Gasteiger partial charge in [0.2, 0.25) is 19.1 Å². The van der Waals surface area contributed by atoms with Crippen molar-refractivity contribution in [3.05, 3.63) is 109 Å². The number of rotatable bonds is 11. The van der Waals surface area contributed by atoms with E-state index in [4.69, 9.17) is 9.47 Å². The third kappa shape index (κ3) is 11.4. The summed E-state index contributed by atoms with van der Waals surface area (Å²) in [6, 6.07) is 8.46. The lowest BCUT2D eigenvalue weighted by Crippen LogP contribution is -2.39. The third-order valence-electron chi connectivity index (χ3n) is 12.5. The Bertz CT molecular complexity index is 3400. The van der Waals surface area contributed by atoms with Gasteiger partial charge in [-0.05, 0) is 70.0 Å². The molecule has 8 heterocycles. The Balaban J connectivity index is 0.000000172. The van der Waals surface area contributed by atoms with Crippen LogP contribution in [0.5, 0.6) is 11.5 Å². The first kappa shape index (κ1) is 51.0. The Kier molecular flexibility index (Phi) is 15.5. The van der Waals surface area contributed by atoms with E-state index in [9.17, 15) is 34.4 Å². The van der Waals surface area contributed by atoms with Crippen LogP contribution in [0.3, 0.4) is 0 Å². The lowest BCUT2D eigenvalue weighted by Gasteiger charge is -2.31. The molecule has 0 bridgehead atoms. The fourth-order valence-electron chi connectivity index (χ4n) is 8.72. The number of sulfonamides is 1. The van der Waals surface area contributed by atoms with Crippen LogP contribution in [0, 0.1) is 23.3 Å². The highest BCUT2D eigenvalue weighted by molar-refractivity contribution is 8.13. The number of fused-ring (bicyclic) bond motifs is 2. The van der Waals surface area contributed by atoms with Crippen LogP contribution in [0.2, 0.25) is 0 Å². The second-order valence-electron chi connectivity index (χ2n) is 16.8. The highest BCUT2D eigenvalue weighted by Gasteiger charge is 2.28. The van der Waals surface area contributed by atoms with Gasteiger partial charge < -0.3 is 24.8 Å². The maximum absolute atomic E-state index is 14.3. The molecule has 2 aliphatic heterocycles. The molecule has 2 aromatic carbocycles. The lowest BCUT2D eigenvalue weighted by atomic mass is 10.0. The summed E-state index contributed by atoms with van der Waals surface area (Å²) in [4.78, 5) is 15.1. The largest absolute Gasteiger partial charge is 0.493 e. The zero-order valence-corrected chi connectivity index (χ0v) is 41.5. The molecule has 23 heteroatoms. The minimum absolute atomic E-state index is 0.00132. The highest BCUT2D eigenvalue weighted by atomic mass is 35.7. The molecule has 0 unspecified atom stereocenters. The number of nitrogens with zero attached hydrogens (tertiary/aromatic N) is 7. The molecule has 16 nitrogen and oxygen atoms in total. The van der Waals surface area contributed by atoms with Crippen molar-refractivity contribution in [3.8, 4) is 56.0 Å². The molecule has 376 valence electrons. The van der Waals surface area contributed by atoms with E-state index in [1.807, 2.05) is 40.1 Å². The number of benzene rings is 2. The maximum atomic E-state index is 14.3. The lowest BCUT2D eigenvalue weighted by molar-refractivity contribution is 0.261. The molecule has 0 spiro atoms. The highest BCUT2D eigenvalue weighted by Crippen LogP contribution is 2.40. The number of halogens is 5. The van der Waals surface area contributed by atoms with Crippen LogP contribution in [0.15, 0.2) is 86.0 Å². The van der Waals surface area contributed by atoms with Gasteiger partial charge in [-0.25, -0.2) is 48.7 Å². The van der Waals surface area contributed by atoms with Crippen molar-refractivity contribution in [2.75, 3.05) is 51.9 Å². The Morgan fingerprint density at radius 2 is 1.06 bits per heavy atom. The third-order valence-corrected chi connectivity index (χ3v) is 15.7. The summed E-state index contributed by atoms with van der Waals surface area (Å²) in [6.07, 6.45) is 17.8. The molecule has 2 fully saturated rings. The van der Waals surface area contributed by atoms with Crippen LogP contribution < -0.4 is 14.8 Å². The first-order valence-electron chi connectivity index (χ1n) is 22.7. The van der Waals surface area contributed by atoms with Gasteiger partial charge in [0, 0.05) is 128 Å². The molecule has 3 N–H and O–H groups in total. The van der Waals surface area contributed by atoms with Gasteiger partial charge in [0.05, 0.1) is 50.2 Å². The summed E-state index contributed by atoms with van der Waals surface area (Å²) in [5.74, 6) is -2.80. The number of methoxy groups -OCH3 is 2. The van der Waals surface area contributed by atoms with Gasteiger partial charge in [-0.3, -0.25) is 9.36 Å². The number of aromatic amines is 2. The number of hydrogen-bond acceptors (Lipinski definition) is 11. The fourth-order valence-corrected chi connectivity index (χ4v) is 9.85. The van der Waals surface area contributed by atoms with E-state index in [-0.39, 0.29) is 29.0 Å². The Morgan fingerprint density at radius 3 is 1.46 bits per heavy atom. The fraction of sp³-hybridized carbons (Fsp3) is 0.333. The average molecular weight is 1040 g/mol. The number of piperidine rings is 2. The Morgan fingerprint density at radius 1 is 0.620 bits per heavy atom. The van der Waals surface area contributed by atoms with Crippen molar-refractivity contribution in [2.24, 2.45) is 0 Å². The molecule has 0 saturated carbocycles. The molecule has 0 radical (unpaired) electrons. The van der Waals surface area contributed by atoms with E-state index in [0.29, 0.717) is 70.9 Å². The van der Waals surface area contributed by atoms with Gasteiger partial charge in [0.1, 0.15) is 22.9 Å². The number of aromatic nitrogens is 8. The van der Waals surface area contributed by atoms with Crippen LogP contribution in [0.1, 0.15) is 51.6 Å². The Hall–Kier alpha value is -6.33. The van der Waals surface area contributed by atoms with Gasteiger partial charge in [0.25, 0.3) is 0 Å². The molecular formula is C48H51ClF4N10O6S2. The summed E-state index contributed by atoms with van der Waals surface area (Å²) < 4.78 is 116. The van der Waals surface area contributed by atoms with E-state index in [2.05, 4.69) is 46.1 Å². The molecule has 8 aromatic rings. The predicted molar refractivity (Wildman–Crippen MR) is 264 cm³/mol. The number of pyridine rings is 2. The van der Waals surface area contributed by atoms with E-state index < -0.39 is 42.3 Å². The van der Waals surface area contributed by atoms with Crippen molar-refractivity contribution in [1.82, 2.24) is 49.1 Å². The Labute approximate surface area is 411 Å². The number of ether oxygens (including phenoxy) is 2. The average Bonchev–Trinajstić information content (AvgIpc) is 4.21. The van der Waals surface area contributed by atoms with Crippen LogP contribution in [-0.2, 0) is 19.1 Å². The number of H-pyrrole nitrogens is 2. The van der Waals surface area contributed by atoms with E-state index in [0.717, 1.165) is 65.7 Å². The van der Waals surface area contributed by atoms with E-state index in [1.54, 1.807) is 42.2 Å². The quantitative estimate of drug-likeness (QED) is 0.0826. The van der Waals surface area contributed by atoms with Crippen molar-refractivity contribution >= 4 is 51.8 Å². The molecule has 0 atom stereocenters. The van der Waals surface area contributed by atoms with Crippen molar-refractivity contribution in [1.29, 1.82) is 0 Å². The molecule has 2 saturated heterocycles. The second kappa shape index (κ2) is 21.6. The zero-order chi connectivity index (χ0) is 50.6. The molecule has 6 aromatic heterocycles. The summed E-state index contributed by atoms with van der Waals surface area (Å²) >= 11 is 0. The SMILES string of the molecule is CCS(=O)(=O)Cl.CCS(=O)(=O)N1CCC(n2cc(-c3cnc4[nH]cc(-c5cc(F)cc(F)c5OC)c4c3)cn2)CC1.COc1c(F)cc(F)cc1-c1c[nH]c2ncc(-c3cnn(C4CCNCC4)c3)cc12. The van der Waals surface area contributed by atoms with Crippen molar-refractivity contribution in [3.63, 3.8) is 0 Å². The molecule has 71 heavy (non-hydrogen) atoms. The van der Waals surface area contributed by atoms with Gasteiger partial charge >= 0.3 is 0 Å². The summed E-state index contributed by atoms with van der Waals surface area (Å²) in [7, 11) is 1.03. The predicted octanol–water partition coefficient (Wildman–Crippen LogP) is 9.25. The van der Waals surface area contributed by atoms with Gasteiger partial charge in [0.15, 0.2) is 23.1 Å². The minimum atomic E-state index is -3.19. The standard InChI is InChI=1S/C24H25F2N5O3S.C22H21F2N5O.C2H5ClO2S/c1-3-35(32,33)30-6-4-18(5-7-30)31-14-16(12-29-31)15-8-20-21(13-28-24(20)27-11-15)19-9-17(25)10-22(26)23(19)34-2;1-30-21-17(7-15(23)8-20(21)24)19-11-27-22-18(19)6-13(9-26-22)14-10-28-29(12-14)16-2-4-25-5-3-16;1-2-6(3,4)5/h8-14,18H,3-7H2,1-2H3,(H,27,28);6-12,16,25H,2-5H2,1H3,(H,26,27);2H2,1H3. The summed E-state index contributed by atoms with van der Waals surface area (Å²) in [5, 5.41) is 13.9. The second-order valence-corrected chi connectivity index (χ2v) is 22.2. The van der Waals surface area contributed by atoms with Crippen LogP contribution >= 0.6 is 10.7 Å². The van der Waals surface area contributed by atoms with Gasteiger partial charge in [-0.1, -0.05) is 6.92 Å². The molecular weight excluding hydrogens is 988 g/mol. The summed E-state index contributed by atoms with van der Waals surface area (Å²) in [5.41, 5.74) is 6.51.